The molecule has 0 unspecified atom stereocenters. The van der Waals surface area contributed by atoms with Crippen LogP contribution >= 0.6 is 11.3 Å². The molecule has 0 aliphatic carbocycles. The molecule has 1 atom stereocenters. The molecule has 0 N–H and O–H groups in total. The molecular weight excluding hydrogens is 258 g/mol. The van der Waals surface area contributed by atoms with Crippen molar-refractivity contribution in [3.8, 4) is 0 Å². The second-order valence-corrected chi connectivity index (χ2v) is 5.75. The zero-order valence-corrected chi connectivity index (χ0v) is 12.2. The minimum Gasteiger partial charge on any atom is -0.378 e. The number of nitrogens with zero attached hydrogens (tertiary/aromatic N) is 3. The van der Waals surface area contributed by atoms with Crippen LogP contribution in [0.3, 0.4) is 0 Å². The Balaban J connectivity index is 1.78. The first-order chi connectivity index (χ1) is 9.29. The number of methoxy groups -OCH3 is 1. The summed E-state index contributed by atoms with van der Waals surface area (Å²) in [6, 6.07) is 2.56. The number of hydrogen-bond donors (Lipinski definition) is 0. The van der Waals surface area contributed by atoms with E-state index in [2.05, 4.69) is 38.2 Å². The van der Waals surface area contributed by atoms with Crippen molar-refractivity contribution in [2.75, 3.05) is 13.7 Å². The minimum atomic E-state index is 0.360. The van der Waals surface area contributed by atoms with E-state index in [9.17, 15) is 0 Å². The maximum atomic E-state index is 5.23. The summed E-state index contributed by atoms with van der Waals surface area (Å²) in [6.07, 6.45) is 1.95. The summed E-state index contributed by atoms with van der Waals surface area (Å²) in [5.41, 5.74) is 2.58. The number of rotatable bonds is 4. The largest absolute Gasteiger partial charge is 0.378 e. The molecule has 0 amide bonds. The van der Waals surface area contributed by atoms with E-state index in [1.165, 1.54) is 11.3 Å². The SMILES string of the molecule is COCc1cnc2n1CCN(Cc1ccsc1)[C@H]2C. The molecule has 2 aromatic rings. The van der Waals surface area contributed by atoms with Gasteiger partial charge in [-0.2, -0.15) is 11.3 Å². The Kier molecular flexibility index (Phi) is 3.68. The summed E-state index contributed by atoms with van der Waals surface area (Å²) < 4.78 is 7.53. The van der Waals surface area contributed by atoms with Crippen molar-refractivity contribution >= 4 is 11.3 Å². The highest BCUT2D eigenvalue weighted by Crippen LogP contribution is 2.27. The van der Waals surface area contributed by atoms with Crippen molar-refractivity contribution in [3.05, 3.63) is 40.1 Å². The van der Waals surface area contributed by atoms with Crippen LogP contribution in [0.15, 0.2) is 23.0 Å². The molecule has 5 heteroatoms. The van der Waals surface area contributed by atoms with Crippen LogP contribution < -0.4 is 0 Å². The average molecular weight is 277 g/mol. The predicted octanol–water partition coefficient (Wildman–Crippen LogP) is 2.67. The molecule has 0 bridgehead atoms. The predicted molar refractivity (Wildman–Crippen MR) is 76.1 cm³/mol. The first-order valence-electron chi connectivity index (χ1n) is 6.58. The van der Waals surface area contributed by atoms with Gasteiger partial charge >= 0.3 is 0 Å². The van der Waals surface area contributed by atoms with Gasteiger partial charge in [0.2, 0.25) is 0 Å². The van der Waals surface area contributed by atoms with Crippen LogP contribution in [-0.4, -0.2) is 28.1 Å². The molecule has 102 valence electrons. The van der Waals surface area contributed by atoms with Gasteiger partial charge in [-0.15, -0.1) is 0 Å². The molecule has 0 saturated carbocycles. The minimum absolute atomic E-state index is 0.360. The molecule has 0 saturated heterocycles. The standard InChI is InChI=1S/C14H19N3OS/c1-11-14-15-7-13(9-18-2)17(14)5-4-16(11)8-12-3-6-19-10-12/h3,6-7,10-11H,4-5,8-9H2,1-2H3/t11-/m0/s1. The molecular formula is C14H19N3OS. The Labute approximate surface area is 117 Å². The van der Waals surface area contributed by atoms with Gasteiger partial charge in [-0.3, -0.25) is 4.90 Å². The second kappa shape index (κ2) is 5.45. The van der Waals surface area contributed by atoms with Gasteiger partial charge in [0.1, 0.15) is 5.82 Å². The fraction of sp³-hybridized carbons (Fsp3) is 0.500. The maximum absolute atomic E-state index is 5.23. The lowest BCUT2D eigenvalue weighted by molar-refractivity contribution is 0.144. The molecule has 1 aliphatic rings. The summed E-state index contributed by atoms with van der Waals surface area (Å²) >= 11 is 1.76. The number of fused-ring (bicyclic) bond motifs is 1. The van der Waals surface area contributed by atoms with Crippen LogP contribution in [0.5, 0.6) is 0 Å². The van der Waals surface area contributed by atoms with Crippen LogP contribution in [0.4, 0.5) is 0 Å². The molecule has 3 heterocycles. The lowest BCUT2D eigenvalue weighted by Crippen LogP contribution is -2.37. The molecule has 0 aromatic carbocycles. The van der Waals surface area contributed by atoms with Crippen LogP contribution in [-0.2, 0) is 24.4 Å². The Hall–Kier alpha value is -1.17. The molecule has 1 aliphatic heterocycles. The van der Waals surface area contributed by atoms with Gasteiger partial charge in [-0.05, 0) is 29.3 Å². The van der Waals surface area contributed by atoms with Crippen LogP contribution in [0.25, 0.3) is 0 Å². The highest BCUT2D eigenvalue weighted by molar-refractivity contribution is 7.07. The van der Waals surface area contributed by atoms with Gasteiger partial charge in [0, 0.05) is 26.7 Å². The van der Waals surface area contributed by atoms with E-state index < -0.39 is 0 Å². The van der Waals surface area contributed by atoms with E-state index in [-0.39, 0.29) is 0 Å². The van der Waals surface area contributed by atoms with Crippen LogP contribution in [0, 0.1) is 0 Å². The van der Waals surface area contributed by atoms with Crippen molar-refractivity contribution in [1.29, 1.82) is 0 Å². The number of aromatic nitrogens is 2. The van der Waals surface area contributed by atoms with Gasteiger partial charge in [-0.1, -0.05) is 0 Å². The molecule has 0 fully saturated rings. The smallest absolute Gasteiger partial charge is 0.126 e. The average Bonchev–Trinajstić information content (AvgIpc) is 3.04. The Morgan fingerprint density at radius 3 is 3.11 bits per heavy atom. The third-order valence-corrected chi connectivity index (χ3v) is 4.49. The number of thiophene rings is 1. The third-order valence-electron chi connectivity index (χ3n) is 3.76. The normalized spacial score (nSPS) is 19.6. The maximum Gasteiger partial charge on any atom is 0.126 e. The van der Waals surface area contributed by atoms with E-state index in [1.807, 2.05) is 6.20 Å². The van der Waals surface area contributed by atoms with Gasteiger partial charge < -0.3 is 9.30 Å². The van der Waals surface area contributed by atoms with Crippen molar-refractivity contribution in [3.63, 3.8) is 0 Å². The second-order valence-electron chi connectivity index (χ2n) is 4.97. The van der Waals surface area contributed by atoms with Crippen LogP contribution in [0.2, 0.25) is 0 Å². The lowest BCUT2D eigenvalue weighted by atomic mass is 10.2. The van der Waals surface area contributed by atoms with Crippen molar-refractivity contribution in [2.45, 2.75) is 32.7 Å². The monoisotopic (exact) mass is 277 g/mol. The number of imidazole rings is 1. The Bertz CT molecular complexity index is 535. The van der Waals surface area contributed by atoms with Crippen LogP contribution in [0.1, 0.15) is 30.0 Å². The fourth-order valence-corrected chi connectivity index (χ4v) is 3.36. The number of ether oxygens (including phenoxy) is 1. The first kappa shape index (κ1) is 12.8. The van der Waals surface area contributed by atoms with E-state index in [1.54, 1.807) is 18.4 Å². The summed E-state index contributed by atoms with van der Waals surface area (Å²) in [7, 11) is 1.73. The van der Waals surface area contributed by atoms with E-state index >= 15 is 0 Å². The fourth-order valence-electron chi connectivity index (χ4n) is 2.70. The quantitative estimate of drug-likeness (QED) is 0.860. The van der Waals surface area contributed by atoms with Gasteiger partial charge in [0.15, 0.2) is 0 Å². The molecule has 2 aromatic heterocycles. The molecule has 0 spiro atoms. The highest BCUT2D eigenvalue weighted by atomic mass is 32.1. The summed E-state index contributed by atoms with van der Waals surface area (Å²) in [5, 5.41) is 4.37. The summed E-state index contributed by atoms with van der Waals surface area (Å²) in [5.74, 6) is 1.16. The van der Waals surface area contributed by atoms with E-state index in [0.29, 0.717) is 12.6 Å². The van der Waals surface area contributed by atoms with Gasteiger partial charge in [-0.25, -0.2) is 4.98 Å². The zero-order valence-electron chi connectivity index (χ0n) is 11.4. The summed E-state index contributed by atoms with van der Waals surface area (Å²) in [6.45, 7) is 5.96. The van der Waals surface area contributed by atoms with Gasteiger partial charge in [0.05, 0.1) is 24.5 Å². The van der Waals surface area contributed by atoms with Crippen molar-refractivity contribution in [1.82, 2.24) is 14.5 Å². The molecule has 19 heavy (non-hydrogen) atoms. The Morgan fingerprint density at radius 1 is 1.47 bits per heavy atom. The lowest BCUT2D eigenvalue weighted by Gasteiger charge is -2.34. The summed E-state index contributed by atoms with van der Waals surface area (Å²) in [4.78, 5) is 7.07. The van der Waals surface area contributed by atoms with Gasteiger partial charge in [0.25, 0.3) is 0 Å². The Morgan fingerprint density at radius 2 is 2.37 bits per heavy atom. The molecule has 3 rings (SSSR count). The van der Waals surface area contributed by atoms with E-state index in [4.69, 9.17) is 4.74 Å². The molecule has 0 radical (unpaired) electrons. The topological polar surface area (TPSA) is 30.3 Å². The first-order valence-corrected chi connectivity index (χ1v) is 7.52. The zero-order chi connectivity index (χ0) is 13.2. The van der Waals surface area contributed by atoms with Crippen molar-refractivity contribution < 1.29 is 4.74 Å². The third kappa shape index (κ3) is 2.45. The highest BCUT2D eigenvalue weighted by Gasteiger charge is 2.26. The number of hydrogen-bond acceptors (Lipinski definition) is 4. The van der Waals surface area contributed by atoms with Crippen molar-refractivity contribution in [2.24, 2.45) is 0 Å². The van der Waals surface area contributed by atoms with E-state index in [0.717, 1.165) is 25.5 Å². The molecule has 4 nitrogen and oxygen atoms in total.